The molecule has 2 aromatic heterocycles. The van der Waals surface area contributed by atoms with Crippen LogP contribution < -0.4 is 0 Å². The summed E-state index contributed by atoms with van der Waals surface area (Å²) in [6.45, 7) is 3.89. The second-order valence-corrected chi connectivity index (χ2v) is 4.95. The Kier molecular flexibility index (Phi) is 2.33. The SMILES string of the molecule is Cc1nnc(-c2nc3ccccc3nc2C)s1. The van der Waals surface area contributed by atoms with Gasteiger partial charge in [0.2, 0.25) is 0 Å². The molecule has 4 nitrogen and oxygen atoms in total. The average molecular weight is 242 g/mol. The summed E-state index contributed by atoms with van der Waals surface area (Å²) < 4.78 is 0. The maximum Gasteiger partial charge on any atom is 0.168 e. The van der Waals surface area contributed by atoms with E-state index in [4.69, 9.17) is 0 Å². The molecule has 0 atom stereocenters. The molecular formula is C12H10N4S. The third-order valence-corrected chi connectivity index (χ3v) is 3.32. The number of aryl methyl sites for hydroxylation is 2. The molecule has 0 saturated carbocycles. The maximum absolute atomic E-state index is 4.60. The first-order chi connectivity index (χ1) is 8.24. The normalized spacial score (nSPS) is 10.9. The van der Waals surface area contributed by atoms with Gasteiger partial charge in [0, 0.05) is 0 Å². The van der Waals surface area contributed by atoms with Crippen molar-refractivity contribution in [2.24, 2.45) is 0 Å². The van der Waals surface area contributed by atoms with Gasteiger partial charge in [-0.15, -0.1) is 10.2 Å². The zero-order chi connectivity index (χ0) is 11.8. The van der Waals surface area contributed by atoms with E-state index < -0.39 is 0 Å². The van der Waals surface area contributed by atoms with Crippen LogP contribution in [0, 0.1) is 13.8 Å². The van der Waals surface area contributed by atoms with E-state index in [9.17, 15) is 0 Å². The van der Waals surface area contributed by atoms with Crippen molar-refractivity contribution >= 4 is 22.4 Å². The Bertz CT molecular complexity index is 690. The van der Waals surface area contributed by atoms with Gasteiger partial charge in [-0.25, -0.2) is 9.97 Å². The van der Waals surface area contributed by atoms with Crippen molar-refractivity contribution in [3.63, 3.8) is 0 Å². The highest BCUT2D eigenvalue weighted by Gasteiger charge is 2.11. The van der Waals surface area contributed by atoms with Crippen LogP contribution >= 0.6 is 11.3 Å². The van der Waals surface area contributed by atoms with E-state index in [0.717, 1.165) is 32.4 Å². The molecule has 0 spiro atoms. The number of para-hydroxylation sites is 2. The molecule has 2 heterocycles. The molecule has 0 saturated heterocycles. The van der Waals surface area contributed by atoms with Gasteiger partial charge in [-0.1, -0.05) is 23.5 Å². The van der Waals surface area contributed by atoms with Gasteiger partial charge < -0.3 is 0 Å². The van der Waals surface area contributed by atoms with E-state index in [1.807, 2.05) is 38.1 Å². The van der Waals surface area contributed by atoms with E-state index in [1.165, 1.54) is 11.3 Å². The van der Waals surface area contributed by atoms with Crippen molar-refractivity contribution in [3.05, 3.63) is 35.0 Å². The number of nitrogens with zero attached hydrogens (tertiary/aromatic N) is 4. The summed E-state index contributed by atoms with van der Waals surface area (Å²) in [4.78, 5) is 9.14. The fraction of sp³-hybridized carbons (Fsp3) is 0.167. The van der Waals surface area contributed by atoms with E-state index in [1.54, 1.807) is 0 Å². The first kappa shape index (κ1) is 10.3. The van der Waals surface area contributed by atoms with Crippen molar-refractivity contribution in [2.45, 2.75) is 13.8 Å². The molecule has 1 aromatic carbocycles. The quantitative estimate of drug-likeness (QED) is 0.658. The van der Waals surface area contributed by atoms with E-state index in [-0.39, 0.29) is 0 Å². The molecule has 0 radical (unpaired) electrons. The van der Waals surface area contributed by atoms with Crippen LogP contribution in [0.15, 0.2) is 24.3 Å². The lowest BCUT2D eigenvalue weighted by Gasteiger charge is -2.02. The Labute approximate surface area is 102 Å². The number of hydrogen-bond acceptors (Lipinski definition) is 5. The topological polar surface area (TPSA) is 51.6 Å². The molecule has 0 unspecified atom stereocenters. The first-order valence-corrected chi connectivity index (χ1v) is 6.09. The Hall–Kier alpha value is -1.88. The number of rotatable bonds is 1. The summed E-state index contributed by atoms with van der Waals surface area (Å²) in [6.07, 6.45) is 0. The fourth-order valence-electron chi connectivity index (χ4n) is 1.68. The Morgan fingerprint density at radius 1 is 0.941 bits per heavy atom. The fourth-order valence-corrected chi connectivity index (χ4v) is 2.42. The van der Waals surface area contributed by atoms with Crippen LogP contribution in [0.4, 0.5) is 0 Å². The minimum absolute atomic E-state index is 0.828. The lowest BCUT2D eigenvalue weighted by Crippen LogP contribution is -1.93. The highest BCUT2D eigenvalue weighted by atomic mass is 32.1. The summed E-state index contributed by atoms with van der Waals surface area (Å²) >= 11 is 1.54. The zero-order valence-corrected chi connectivity index (χ0v) is 10.3. The Balaban J connectivity index is 2.26. The van der Waals surface area contributed by atoms with Crippen molar-refractivity contribution in [1.82, 2.24) is 20.2 Å². The smallest absolute Gasteiger partial charge is 0.168 e. The van der Waals surface area contributed by atoms with Gasteiger partial charge in [0.05, 0.1) is 16.7 Å². The van der Waals surface area contributed by atoms with Crippen LogP contribution in [-0.2, 0) is 0 Å². The molecule has 84 valence electrons. The van der Waals surface area contributed by atoms with E-state index in [2.05, 4.69) is 20.2 Å². The van der Waals surface area contributed by atoms with Crippen molar-refractivity contribution < 1.29 is 0 Å². The molecule has 0 fully saturated rings. The molecule has 0 aliphatic carbocycles. The molecule has 5 heteroatoms. The van der Waals surface area contributed by atoms with Crippen LogP contribution in [0.25, 0.3) is 21.7 Å². The molecule has 3 aromatic rings. The summed E-state index contributed by atoms with van der Waals surface area (Å²) in [5, 5.41) is 9.91. The highest BCUT2D eigenvalue weighted by Crippen LogP contribution is 2.25. The lowest BCUT2D eigenvalue weighted by atomic mass is 10.2. The van der Waals surface area contributed by atoms with Crippen LogP contribution in [0.1, 0.15) is 10.7 Å². The minimum Gasteiger partial charge on any atom is -0.249 e. The zero-order valence-electron chi connectivity index (χ0n) is 9.51. The summed E-state index contributed by atoms with van der Waals surface area (Å²) in [5.74, 6) is 0. The van der Waals surface area contributed by atoms with Gasteiger partial charge in [0.1, 0.15) is 10.7 Å². The maximum atomic E-state index is 4.60. The van der Waals surface area contributed by atoms with Crippen LogP contribution in [0.2, 0.25) is 0 Å². The molecule has 0 aliphatic heterocycles. The molecule has 0 bridgehead atoms. The average Bonchev–Trinajstić information content (AvgIpc) is 2.75. The third kappa shape index (κ3) is 1.78. The number of hydrogen-bond donors (Lipinski definition) is 0. The second kappa shape index (κ2) is 3.85. The number of benzene rings is 1. The molecule has 0 amide bonds. The van der Waals surface area contributed by atoms with Gasteiger partial charge >= 0.3 is 0 Å². The van der Waals surface area contributed by atoms with Crippen LogP contribution in [-0.4, -0.2) is 20.2 Å². The lowest BCUT2D eigenvalue weighted by molar-refractivity contribution is 1.04. The van der Waals surface area contributed by atoms with Gasteiger partial charge in [0.25, 0.3) is 0 Å². The summed E-state index contributed by atoms with van der Waals surface area (Å²) in [5.41, 5.74) is 3.52. The predicted octanol–water partition coefficient (Wildman–Crippen LogP) is 2.77. The largest absolute Gasteiger partial charge is 0.249 e. The van der Waals surface area contributed by atoms with Gasteiger partial charge in [-0.3, -0.25) is 0 Å². The third-order valence-electron chi connectivity index (χ3n) is 2.47. The Morgan fingerprint density at radius 2 is 1.65 bits per heavy atom. The highest BCUT2D eigenvalue weighted by molar-refractivity contribution is 7.14. The van der Waals surface area contributed by atoms with Crippen molar-refractivity contribution in [3.8, 4) is 10.7 Å². The molecule has 3 rings (SSSR count). The minimum atomic E-state index is 0.828. The van der Waals surface area contributed by atoms with Gasteiger partial charge in [-0.05, 0) is 26.0 Å². The number of fused-ring (bicyclic) bond motifs is 1. The van der Waals surface area contributed by atoms with Crippen LogP contribution in [0.5, 0.6) is 0 Å². The van der Waals surface area contributed by atoms with E-state index in [0.29, 0.717) is 0 Å². The van der Waals surface area contributed by atoms with Crippen molar-refractivity contribution in [1.29, 1.82) is 0 Å². The van der Waals surface area contributed by atoms with E-state index >= 15 is 0 Å². The molecule has 0 aliphatic rings. The van der Waals surface area contributed by atoms with Crippen molar-refractivity contribution in [2.75, 3.05) is 0 Å². The Morgan fingerprint density at radius 3 is 2.29 bits per heavy atom. The molecule has 0 N–H and O–H groups in total. The summed E-state index contributed by atoms with van der Waals surface area (Å²) in [7, 11) is 0. The van der Waals surface area contributed by atoms with Gasteiger partial charge in [-0.2, -0.15) is 0 Å². The second-order valence-electron chi connectivity index (χ2n) is 3.77. The van der Waals surface area contributed by atoms with Gasteiger partial charge in [0.15, 0.2) is 5.01 Å². The molecule has 17 heavy (non-hydrogen) atoms. The van der Waals surface area contributed by atoms with Crippen LogP contribution in [0.3, 0.4) is 0 Å². The number of aromatic nitrogens is 4. The summed E-state index contributed by atoms with van der Waals surface area (Å²) in [6, 6.07) is 7.84. The monoisotopic (exact) mass is 242 g/mol. The predicted molar refractivity (Wildman–Crippen MR) is 67.9 cm³/mol. The molecular weight excluding hydrogens is 232 g/mol. The standard InChI is InChI=1S/C12H10N4S/c1-7-11(12-16-15-8(2)17-12)14-10-6-4-3-5-9(10)13-7/h3-6H,1-2H3. The first-order valence-electron chi connectivity index (χ1n) is 5.28.